The number of rotatable bonds is 3. The van der Waals surface area contributed by atoms with Gasteiger partial charge in [0.25, 0.3) is 5.95 Å². The number of hydrogen-bond donors (Lipinski definition) is 1. The molecule has 1 rings (SSSR count). The summed E-state index contributed by atoms with van der Waals surface area (Å²) >= 11 is 3.01. The second-order valence-electron chi connectivity index (χ2n) is 2.46. The molecule has 76 valence electrons. The van der Waals surface area contributed by atoms with E-state index in [1.807, 2.05) is 0 Å². The molecule has 0 aliphatic rings. The lowest BCUT2D eigenvalue weighted by molar-refractivity contribution is 0.466. The summed E-state index contributed by atoms with van der Waals surface area (Å²) in [5.41, 5.74) is 0. The van der Waals surface area contributed by atoms with Gasteiger partial charge in [0.15, 0.2) is 17.5 Å². The number of anilines is 1. The third kappa shape index (κ3) is 2.73. The van der Waals surface area contributed by atoms with Gasteiger partial charge in [0, 0.05) is 17.1 Å². The fourth-order valence-electron chi connectivity index (χ4n) is 0.748. The van der Waals surface area contributed by atoms with Crippen LogP contribution in [0, 0.1) is 17.6 Å². The average molecular weight is 267 g/mol. The largest absolute Gasteiger partial charge is 0.363 e. The molecule has 0 aliphatic carbocycles. The van der Waals surface area contributed by atoms with Crippen molar-refractivity contribution in [3.05, 3.63) is 34.7 Å². The molecule has 1 heterocycles. The first kappa shape index (κ1) is 11.0. The normalized spacial score (nSPS) is 10.0. The maximum Gasteiger partial charge on any atom is 0.251 e. The molecule has 0 radical (unpaired) electrons. The van der Waals surface area contributed by atoms with Gasteiger partial charge in [-0.15, -0.1) is 0 Å². The number of nitrogens with zero attached hydrogens (tertiary/aromatic N) is 1. The van der Waals surface area contributed by atoms with E-state index in [2.05, 4.69) is 32.8 Å². The van der Waals surface area contributed by atoms with Crippen LogP contribution in [0.5, 0.6) is 0 Å². The summed E-state index contributed by atoms with van der Waals surface area (Å²) in [6, 6.07) is 0.432. The smallest absolute Gasteiger partial charge is 0.251 e. The molecule has 0 atom stereocenters. The molecule has 1 aromatic heterocycles. The van der Waals surface area contributed by atoms with E-state index in [1.54, 1.807) is 0 Å². The average Bonchev–Trinajstić information content (AvgIpc) is 2.09. The maximum atomic E-state index is 12.9. The molecule has 0 fully saturated rings. The van der Waals surface area contributed by atoms with Crippen molar-refractivity contribution in [2.24, 2.45) is 0 Å². The van der Waals surface area contributed by atoms with Crippen LogP contribution in [0.25, 0.3) is 0 Å². The van der Waals surface area contributed by atoms with Gasteiger partial charge in [-0.25, -0.2) is 8.78 Å². The van der Waals surface area contributed by atoms with Crippen molar-refractivity contribution in [3.63, 3.8) is 0 Å². The van der Waals surface area contributed by atoms with Crippen molar-refractivity contribution in [3.8, 4) is 0 Å². The van der Waals surface area contributed by atoms with Crippen LogP contribution in [0.4, 0.5) is 19.0 Å². The number of aromatic nitrogens is 1. The Labute approximate surface area is 87.0 Å². The van der Waals surface area contributed by atoms with Crippen LogP contribution in [0.15, 0.2) is 17.1 Å². The van der Waals surface area contributed by atoms with Crippen molar-refractivity contribution in [1.29, 1.82) is 0 Å². The monoisotopic (exact) mass is 266 g/mol. The molecule has 0 aliphatic heterocycles. The molecule has 0 saturated carbocycles. The number of nitrogens with one attached hydrogen (secondary N) is 1. The lowest BCUT2D eigenvalue weighted by Crippen LogP contribution is -2.07. The van der Waals surface area contributed by atoms with Gasteiger partial charge in [0.2, 0.25) is 0 Å². The highest BCUT2D eigenvalue weighted by Gasteiger charge is 2.10. The van der Waals surface area contributed by atoms with Gasteiger partial charge in [0.1, 0.15) is 0 Å². The van der Waals surface area contributed by atoms with Crippen LogP contribution in [-0.2, 0) is 0 Å². The molecule has 1 N–H and O–H groups in total. The maximum absolute atomic E-state index is 12.9. The molecular weight excluding hydrogens is 261 g/mol. The Hall–Kier alpha value is -1.04. The zero-order valence-corrected chi connectivity index (χ0v) is 8.54. The van der Waals surface area contributed by atoms with Crippen LogP contribution in [0.3, 0.4) is 0 Å². The summed E-state index contributed by atoms with van der Waals surface area (Å²) in [7, 11) is 0. The highest BCUT2D eigenvalue weighted by molar-refractivity contribution is 9.11. The predicted molar refractivity (Wildman–Crippen MR) is 50.7 cm³/mol. The Morgan fingerprint density at radius 1 is 1.43 bits per heavy atom. The van der Waals surface area contributed by atoms with Crippen molar-refractivity contribution in [2.75, 3.05) is 11.9 Å². The van der Waals surface area contributed by atoms with E-state index >= 15 is 0 Å². The summed E-state index contributed by atoms with van der Waals surface area (Å²) in [4.78, 5) is 3.05. The van der Waals surface area contributed by atoms with Gasteiger partial charge in [-0.05, 0) is 0 Å². The van der Waals surface area contributed by atoms with Gasteiger partial charge in [0.05, 0.1) is 0 Å². The summed E-state index contributed by atoms with van der Waals surface area (Å²) in [6.45, 7) is 3.65. The quantitative estimate of drug-likeness (QED) is 0.852. The summed E-state index contributed by atoms with van der Waals surface area (Å²) in [6.07, 6.45) is 0. The van der Waals surface area contributed by atoms with Crippen LogP contribution in [0.1, 0.15) is 0 Å². The molecule has 1 aromatic rings. The van der Waals surface area contributed by atoms with Gasteiger partial charge in [-0.2, -0.15) is 9.37 Å². The van der Waals surface area contributed by atoms with E-state index < -0.39 is 17.6 Å². The lowest BCUT2D eigenvalue weighted by atomic mass is 10.4. The van der Waals surface area contributed by atoms with Gasteiger partial charge >= 0.3 is 0 Å². The Balaban J connectivity index is 2.87. The first-order valence-electron chi connectivity index (χ1n) is 3.59. The molecule has 0 bridgehead atoms. The van der Waals surface area contributed by atoms with Crippen LogP contribution >= 0.6 is 15.9 Å². The lowest BCUT2D eigenvalue weighted by Gasteiger charge is -2.05. The van der Waals surface area contributed by atoms with Crippen molar-refractivity contribution in [1.82, 2.24) is 4.98 Å². The fourth-order valence-corrected chi connectivity index (χ4v) is 0.888. The Kier molecular flexibility index (Phi) is 3.51. The van der Waals surface area contributed by atoms with Gasteiger partial charge < -0.3 is 5.32 Å². The van der Waals surface area contributed by atoms with Gasteiger partial charge in [-0.1, -0.05) is 22.5 Å². The van der Waals surface area contributed by atoms with Crippen LogP contribution in [0.2, 0.25) is 0 Å². The molecule has 2 nitrogen and oxygen atoms in total. The van der Waals surface area contributed by atoms with E-state index in [4.69, 9.17) is 0 Å². The summed E-state index contributed by atoms with van der Waals surface area (Å²) < 4.78 is 38.4. The molecule has 0 saturated heterocycles. The molecule has 0 aromatic carbocycles. The highest BCUT2D eigenvalue weighted by atomic mass is 79.9. The molecule has 14 heavy (non-hydrogen) atoms. The minimum atomic E-state index is -1.34. The minimum Gasteiger partial charge on any atom is -0.363 e. The molecule has 0 spiro atoms. The zero-order valence-electron chi connectivity index (χ0n) is 6.95. The number of halogens is 4. The standard InChI is InChI=1S/C8H6BrF3N2/c1-4(9)3-13-8-6(11)2-5(10)7(12)14-8/h2H,1,3H2,(H,13,14). The Morgan fingerprint density at radius 2 is 2.07 bits per heavy atom. The number of hydrogen-bond acceptors (Lipinski definition) is 2. The Morgan fingerprint density at radius 3 is 2.64 bits per heavy atom. The second-order valence-corrected chi connectivity index (χ2v) is 3.58. The highest BCUT2D eigenvalue weighted by Crippen LogP contribution is 2.14. The van der Waals surface area contributed by atoms with Crippen molar-refractivity contribution >= 4 is 21.7 Å². The van der Waals surface area contributed by atoms with Crippen molar-refractivity contribution in [2.45, 2.75) is 0 Å². The fraction of sp³-hybridized carbons (Fsp3) is 0.125. The zero-order chi connectivity index (χ0) is 10.7. The van der Waals surface area contributed by atoms with Gasteiger partial charge in [-0.3, -0.25) is 0 Å². The second kappa shape index (κ2) is 4.45. The SMILES string of the molecule is C=C(Br)CNc1nc(F)c(F)cc1F. The molecular formula is C8H6BrF3N2. The first-order valence-corrected chi connectivity index (χ1v) is 4.38. The molecule has 0 unspecified atom stereocenters. The van der Waals surface area contributed by atoms with E-state index in [0.29, 0.717) is 10.5 Å². The minimum absolute atomic E-state index is 0.176. The van der Waals surface area contributed by atoms with Crippen LogP contribution < -0.4 is 5.32 Å². The Bertz CT molecular complexity index is 368. The third-order valence-electron chi connectivity index (χ3n) is 1.33. The van der Waals surface area contributed by atoms with E-state index in [-0.39, 0.29) is 12.4 Å². The van der Waals surface area contributed by atoms with E-state index in [0.717, 1.165) is 0 Å². The topological polar surface area (TPSA) is 24.9 Å². The predicted octanol–water partition coefficient (Wildman–Crippen LogP) is 2.82. The van der Waals surface area contributed by atoms with Crippen LogP contribution in [-0.4, -0.2) is 11.5 Å². The number of pyridine rings is 1. The third-order valence-corrected chi connectivity index (χ3v) is 1.61. The van der Waals surface area contributed by atoms with E-state index in [9.17, 15) is 13.2 Å². The summed E-state index contributed by atoms with van der Waals surface area (Å²) in [5.74, 6) is -3.94. The summed E-state index contributed by atoms with van der Waals surface area (Å²) in [5, 5.41) is 2.44. The molecule has 0 amide bonds. The van der Waals surface area contributed by atoms with Crippen molar-refractivity contribution < 1.29 is 13.2 Å². The molecule has 6 heteroatoms. The van der Waals surface area contributed by atoms with E-state index in [1.165, 1.54) is 0 Å². The first-order chi connectivity index (χ1) is 6.50.